The normalized spacial score (nSPS) is 12.1. The third kappa shape index (κ3) is 25.9. The lowest BCUT2D eigenvalue weighted by molar-refractivity contribution is 0.294. The van der Waals surface area contributed by atoms with Crippen molar-refractivity contribution in [3.63, 3.8) is 0 Å². The molecule has 2 heteroatoms. The van der Waals surface area contributed by atoms with Crippen LogP contribution in [0.2, 0.25) is 0 Å². The first kappa shape index (κ1) is 41.8. The average molecular weight is 634 g/mol. The van der Waals surface area contributed by atoms with E-state index in [2.05, 4.69) is 88.4 Å². The molecule has 2 nitrogen and oxygen atoms in total. The predicted molar refractivity (Wildman–Crippen MR) is 205 cm³/mol. The Kier molecular flexibility index (Phi) is 29.7. The highest BCUT2D eigenvalue weighted by atomic mass is 16.5. The van der Waals surface area contributed by atoms with Crippen LogP contribution in [-0.2, 0) is 0 Å². The lowest BCUT2D eigenvalue weighted by Gasteiger charge is -2.14. The summed E-state index contributed by atoms with van der Waals surface area (Å²) in [7, 11) is 0. The van der Waals surface area contributed by atoms with E-state index >= 15 is 0 Å². The lowest BCUT2D eigenvalue weighted by atomic mass is 10.1. The molecule has 0 amide bonds. The molecule has 0 unspecified atom stereocenters. The van der Waals surface area contributed by atoms with E-state index in [-0.39, 0.29) is 0 Å². The summed E-state index contributed by atoms with van der Waals surface area (Å²) < 4.78 is 12.2. The summed E-state index contributed by atoms with van der Waals surface area (Å²) in [5.74, 6) is 1.86. The molecule has 0 spiro atoms. The average Bonchev–Trinajstić information content (AvgIpc) is 3.05. The van der Waals surface area contributed by atoms with Crippen LogP contribution in [-0.4, -0.2) is 13.2 Å². The number of ether oxygens (including phenoxy) is 2. The van der Waals surface area contributed by atoms with Gasteiger partial charge in [0, 0.05) is 0 Å². The molecule has 1 radical (unpaired) electrons. The minimum atomic E-state index is 0.768. The number of unbranched alkanes of at least 4 members (excludes halogenated alkanes) is 18. The minimum Gasteiger partial charge on any atom is -0.493 e. The van der Waals surface area contributed by atoms with Crippen LogP contribution in [0.1, 0.15) is 179 Å². The van der Waals surface area contributed by atoms with Gasteiger partial charge in [-0.15, -0.1) is 0 Å². The van der Waals surface area contributed by atoms with Crippen molar-refractivity contribution >= 4 is 0 Å². The standard InChI is InChI=1S/C44H73O2/c1-5-7-9-11-13-15-17-19-21-23-25-27-29-31-33-35-37-45-43-39-42(4)44(40-41(43)3)46-38-36-34-32-30-28-26-24-22-20-18-16-14-12-10-8-6-2/h13-16,19-22,39-40H,3,5-12,17-18,23-38H2,1-2,4H3/b15-13-,16-14-,21-19-,22-20-. The smallest absolute Gasteiger partial charge is 0.123 e. The second kappa shape index (κ2) is 32.7. The molecule has 0 N–H and O–H groups in total. The van der Waals surface area contributed by atoms with Gasteiger partial charge in [0.15, 0.2) is 0 Å². The predicted octanol–water partition coefficient (Wildman–Crippen LogP) is 14.6. The van der Waals surface area contributed by atoms with Gasteiger partial charge in [-0.25, -0.2) is 0 Å². The van der Waals surface area contributed by atoms with Crippen molar-refractivity contribution in [2.75, 3.05) is 13.2 Å². The third-order valence-electron chi connectivity index (χ3n) is 8.56. The molecule has 0 aliphatic heterocycles. The molecule has 1 aromatic carbocycles. The first-order chi connectivity index (χ1) is 22.7. The quantitative estimate of drug-likeness (QED) is 0.0580. The largest absolute Gasteiger partial charge is 0.493 e. The summed E-state index contributed by atoms with van der Waals surface area (Å²) in [5.41, 5.74) is 2.07. The second-order valence-electron chi connectivity index (χ2n) is 13.1. The Morgan fingerprint density at radius 3 is 1.26 bits per heavy atom. The van der Waals surface area contributed by atoms with Crippen molar-refractivity contribution in [2.45, 2.75) is 175 Å². The van der Waals surface area contributed by atoms with Crippen LogP contribution in [0.15, 0.2) is 60.7 Å². The molecule has 0 saturated carbocycles. The topological polar surface area (TPSA) is 18.5 Å². The number of benzene rings is 1. The number of aryl methyl sites for hydroxylation is 1. The summed E-state index contributed by atoms with van der Waals surface area (Å²) in [6.45, 7) is 12.4. The maximum atomic E-state index is 6.11. The van der Waals surface area contributed by atoms with Gasteiger partial charge >= 0.3 is 0 Å². The number of rotatable bonds is 32. The lowest BCUT2D eigenvalue weighted by Crippen LogP contribution is -2.02. The van der Waals surface area contributed by atoms with Crippen LogP contribution in [0.3, 0.4) is 0 Å². The zero-order chi connectivity index (χ0) is 33.2. The van der Waals surface area contributed by atoms with E-state index < -0.39 is 0 Å². The molecule has 0 aliphatic carbocycles. The third-order valence-corrected chi connectivity index (χ3v) is 8.56. The first-order valence-electron chi connectivity index (χ1n) is 19.5. The van der Waals surface area contributed by atoms with Crippen LogP contribution in [0, 0.1) is 13.8 Å². The molecular formula is C44H73O2. The van der Waals surface area contributed by atoms with E-state index in [0.717, 1.165) is 61.5 Å². The molecular weight excluding hydrogens is 560 g/mol. The van der Waals surface area contributed by atoms with Crippen molar-refractivity contribution in [1.29, 1.82) is 0 Å². The van der Waals surface area contributed by atoms with Crippen LogP contribution >= 0.6 is 0 Å². The highest BCUT2D eigenvalue weighted by Crippen LogP contribution is 2.28. The van der Waals surface area contributed by atoms with Crippen molar-refractivity contribution in [1.82, 2.24) is 0 Å². The molecule has 46 heavy (non-hydrogen) atoms. The van der Waals surface area contributed by atoms with Crippen molar-refractivity contribution in [3.05, 3.63) is 78.8 Å². The molecule has 0 heterocycles. The Bertz CT molecular complexity index is 846. The minimum absolute atomic E-state index is 0.768. The van der Waals surface area contributed by atoms with E-state index in [1.807, 2.05) is 0 Å². The summed E-state index contributed by atoms with van der Waals surface area (Å²) >= 11 is 0. The number of hydrogen-bond acceptors (Lipinski definition) is 2. The molecule has 0 fully saturated rings. The molecule has 0 bridgehead atoms. The molecule has 1 aromatic rings. The van der Waals surface area contributed by atoms with E-state index in [1.165, 1.54) is 128 Å². The number of allylic oxidation sites excluding steroid dienone is 8. The van der Waals surface area contributed by atoms with Crippen LogP contribution in [0.25, 0.3) is 0 Å². The summed E-state index contributed by atoms with van der Waals surface area (Å²) in [6.07, 6.45) is 49.0. The van der Waals surface area contributed by atoms with E-state index in [1.54, 1.807) is 0 Å². The van der Waals surface area contributed by atoms with E-state index in [0.29, 0.717) is 0 Å². The fraction of sp³-hybridized carbons (Fsp3) is 0.659. The summed E-state index contributed by atoms with van der Waals surface area (Å²) in [5, 5.41) is 0. The van der Waals surface area contributed by atoms with Gasteiger partial charge in [0.1, 0.15) is 11.5 Å². The van der Waals surface area contributed by atoms with Gasteiger partial charge in [-0.2, -0.15) is 0 Å². The highest BCUT2D eigenvalue weighted by Gasteiger charge is 2.07. The summed E-state index contributed by atoms with van der Waals surface area (Å²) in [4.78, 5) is 0. The van der Waals surface area contributed by atoms with Crippen molar-refractivity contribution in [2.24, 2.45) is 0 Å². The molecule has 1 rings (SSSR count). The highest BCUT2D eigenvalue weighted by molar-refractivity contribution is 5.47. The fourth-order valence-electron chi connectivity index (χ4n) is 5.54. The molecule has 0 saturated heterocycles. The van der Waals surface area contributed by atoms with Gasteiger partial charge in [0.25, 0.3) is 0 Å². The zero-order valence-electron chi connectivity index (χ0n) is 30.7. The Labute approximate surface area is 287 Å². The van der Waals surface area contributed by atoms with Gasteiger partial charge in [0.05, 0.1) is 13.2 Å². The van der Waals surface area contributed by atoms with Crippen LogP contribution in [0.5, 0.6) is 11.5 Å². The van der Waals surface area contributed by atoms with E-state index in [9.17, 15) is 0 Å². The number of hydrogen-bond donors (Lipinski definition) is 0. The van der Waals surface area contributed by atoms with Crippen LogP contribution in [0.4, 0.5) is 0 Å². The zero-order valence-corrected chi connectivity index (χ0v) is 30.7. The molecule has 0 atom stereocenters. The van der Waals surface area contributed by atoms with E-state index in [4.69, 9.17) is 9.47 Å². The fourth-order valence-corrected chi connectivity index (χ4v) is 5.54. The van der Waals surface area contributed by atoms with Gasteiger partial charge < -0.3 is 9.47 Å². The monoisotopic (exact) mass is 634 g/mol. The maximum absolute atomic E-state index is 6.11. The first-order valence-corrected chi connectivity index (χ1v) is 19.5. The van der Waals surface area contributed by atoms with Crippen molar-refractivity contribution < 1.29 is 9.47 Å². The van der Waals surface area contributed by atoms with Gasteiger partial charge in [0.2, 0.25) is 0 Å². The van der Waals surface area contributed by atoms with Gasteiger partial charge in [-0.1, -0.05) is 140 Å². The molecule has 0 aliphatic rings. The Morgan fingerprint density at radius 2 is 0.826 bits per heavy atom. The molecule has 261 valence electrons. The Hall–Kier alpha value is -2.22. The maximum Gasteiger partial charge on any atom is 0.123 e. The van der Waals surface area contributed by atoms with Crippen LogP contribution < -0.4 is 9.47 Å². The summed E-state index contributed by atoms with van der Waals surface area (Å²) in [6, 6.07) is 4.16. The van der Waals surface area contributed by atoms with Crippen molar-refractivity contribution in [3.8, 4) is 11.5 Å². The Morgan fingerprint density at radius 1 is 0.457 bits per heavy atom. The SMILES string of the molecule is [CH2]c1cc(OCCCCCCCC/C=C\C/C=C\CCCCC)c(C)cc1OCCCCCCCC/C=C\C/C=C\CCCCC. The second-order valence-corrected chi connectivity index (χ2v) is 13.1. The Balaban J connectivity index is 2.00. The van der Waals surface area contributed by atoms with Gasteiger partial charge in [-0.3, -0.25) is 0 Å². The molecule has 0 aromatic heterocycles. The van der Waals surface area contributed by atoms with Gasteiger partial charge in [-0.05, 0) is 114 Å².